The van der Waals surface area contributed by atoms with Crippen LogP contribution in [0, 0.1) is 13.8 Å². The van der Waals surface area contributed by atoms with Gasteiger partial charge in [-0.2, -0.15) is 0 Å². The van der Waals surface area contributed by atoms with E-state index < -0.39 is 0 Å². The van der Waals surface area contributed by atoms with Gasteiger partial charge in [0.1, 0.15) is 5.58 Å². The first-order valence-corrected chi connectivity index (χ1v) is 9.26. The van der Waals surface area contributed by atoms with Crippen LogP contribution < -0.4 is 5.63 Å². The van der Waals surface area contributed by atoms with Crippen LogP contribution in [-0.4, -0.2) is 11.4 Å². The van der Waals surface area contributed by atoms with Gasteiger partial charge in [-0.05, 0) is 60.9 Å². The maximum Gasteiger partial charge on any atom is 0.336 e. The highest BCUT2D eigenvalue weighted by Gasteiger charge is 2.25. The molecule has 1 aliphatic rings. The van der Waals surface area contributed by atoms with E-state index in [9.17, 15) is 4.79 Å². The molecule has 0 spiro atoms. The Morgan fingerprint density at radius 2 is 2.12 bits per heavy atom. The minimum Gasteiger partial charge on any atom is -0.422 e. The largest absolute Gasteiger partial charge is 0.422 e. The fourth-order valence-electron chi connectivity index (χ4n) is 3.65. The van der Waals surface area contributed by atoms with Gasteiger partial charge in [0.15, 0.2) is 0 Å². The van der Waals surface area contributed by atoms with Crippen LogP contribution in [0.1, 0.15) is 40.1 Å². The molecule has 124 valence electrons. The fraction of sp³-hybridized carbons (Fsp3) is 0.350. The molecule has 1 atom stereocenters. The molecule has 0 bridgehead atoms. The lowest BCUT2D eigenvalue weighted by Gasteiger charge is -2.33. The van der Waals surface area contributed by atoms with Crippen molar-refractivity contribution in [1.82, 2.24) is 4.90 Å². The molecule has 3 nitrogen and oxygen atoms in total. The predicted octanol–water partition coefficient (Wildman–Crippen LogP) is 4.59. The lowest BCUT2D eigenvalue weighted by molar-refractivity contribution is 0.192. The monoisotopic (exact) mass is 339 g/mol. The van der Waals surface area contributed by atoms with E-state index in [-0.39, 0.29) is 5.63 Å². The number of benzene rings is 1. The van der Waals surface area contributed by atoms with Crippen molar-refractivity contribution in [2.24, 2.45) is 0 Å². The Balaban J connectivity index is 1.75. The molecule has 0 amide bonds. The molecule has 0 fully saturated rings. The minimum atomic E-state index is -0.257. The number of hydrogen-bond acceptors (Lipinski definition) is 4. The van der Waals surface area contributed by atoms with Crippen molar-refractivity contribution in [3.8, 4) is 0 Å². The Hall–Kier alpha value is -1.91. The molecule has 0 saturated carbocycles. The summed E-state index contributed by atoms with van der Waals surface area (Å²) in [6.45, 7) is 8.13. The summed E-state index contributed by atoms with van der Waals surface area (Å²) in [5.74, 6) is 0. The second kappa shape index (κ2) is 5.87. The second-order valence-electron chi connectivity index (χ2n) is 6.67. The molecule has 0 aliphatic carbocycles. The first-order valence-electron chi connectivity index (χ1n) is 8.38. The molecule has 24 heavy (non-hydrogen) atoms. The van der Waals surface area contributed by atoms with Gasteiger partial charge in [-0.3, -0.25) is 4.90 Å². The van der Waals surface area contributed by atoms with E-state index in [0.717, 1.165) is 47.2 Å². The van der Waals surface area contributed by atoms with Crippen molar-refractivity contribution in [1.29, 1.82) is 0 Å². The highest BCUT2D eigenvalue weighted by atomic mass is 32.1. The molecular weight excluding hydrogens is 318 g/mol. The van der Waals surface area contributed by atoms with Crippen LogP contribution in [0.5, 0.6) is 0 Å². The summed E-state index contributed by atoms with van der Waals surface area (Å²) in [6, 6.07) is 8.47. The van der Waals surface area contributed by atoms with E-state index in [4.69, 9.17) is 4.42 Å². The molecule has 1 aliphatic heterocycles. The van der Waals surface area contributed by atoms with Crippen LogP contribution in [0.4, 0.5) is 0 Å². The van der Waals surface area contributed by atoms with E-state index in [1.165, 1.54) is 10.4 Å². The van der Waals surface area contributed by atoms with Gasteiger partial charge in [-0.15, -0.1) is 11.3 Å². The third-order valence-electron chi connectivity index (χ3n) is 5.29. The molecule has 4 heteroatoms. The van der Waals surface area contributed by atoms with Crippen LogP contribution in [0.15, 0.2) is 38.9 Å². The van der Waals surface area contributed by atoms with E-state index in [2.05, 4.69) is 35.4 Å². The van der Waals surface area contributed by atoms with Crippen LogP contribution in [-0.2, 0) is 13.0 Å². The zero-order chi connectivity index (χ0) is 16.8. The SMILES string of the molecule is Cc1ccc2c(CN3CCc4sccc4[C@H]3C)cc(=O)oc2c1C. The summed E-state index contributed by atoms with van der Waals surface area (Å²) >= 11 is 1.85. The van der Waals surface area contributed by atoms with Gasteiger partial charge in [0.05, 0.1) is 0 Å². The summed E-state index contributed by atoms with van der Waals surface area (Å²) in [7, 11) is 0. The lowest BCUT2D eigenvalue weighted by Crippen LogP contribution is -2.33. The normalized spacial score (nSPS) is 18.0. The molecule has 0 radical (unpaired) electrons. The standard InChI is InChI=1S/C20H21NO2S/c1-12-4-5-17-15(10-19(22)23-20(17)13(12)2)11-21-8-6-18-16(14(21)3)7-9-24-18/h4-5,7,9-10,14H,6,8,11H2,1-3H3/t14-/m1/s1. The number of rotatable bonds is 2. The lowest BCUT2D eigenvalue weighted by atomic mass is 9.99. The van der Waals surface area contributed by atoms with Crippen LogP contribution in [0.2, 0.25) is 0 Å². The number of nitrogens with zero attached hydrogens (tertiary/aromatic N) is 1. The summed E-state index contributed by atoms with van der Waals surface area (Å²) < 4.78 is 5.50. The number of fused-ring (bicyclic) bond motifs is 2. The van der Waals surface area contributed by atoms with Gasteiger partial charge < -0.3 is 4.42 Å². The summed E-state index contributed by atoms with van der Waals surface area (Å²) in [4.78, 5) is 16.0. The summed E-state index contributed by atoms with van der Waals surface area (Å²) in [5.41, 5.74) is 5.18. The summed E-state index contributed by atoms with van der Waals surface area (Å²) in [5, 5.41) is 3.24. The first-order chi connectivity index (χ1) is 11.5. The maximum atomic E-state index is 12.1. The zero-order valence-corrected chi connectivity index (χ0v) is 15.1. The van der Waals surface area contributed by atoms with E-state index >= 15 is 0 Å². The average Bonchev–Trinajstić information content (AvgIpc) is 3.03. The Labute approximate surface area is 145 Å². The van der Waals surface area contributed by atoms with Gasteiger partial charge >= 0.3 is 5.63 Å². The van der Waals surface area contributed by atoms with Gasteiger partial charge in [-0.25, -0.2) is 4.79 Å². The van der Waals surface area contributed by atoms with Crippen LogP contribution in [0.25, 0.3) is 11.0 Å². The molecule has 4 rings (SSSR count). The number of thiophene rings is 1. The highest BCUT2D eigenvalue weighted by molar-refractivity contribution is 7.10. The van der Waals surface area contributed by atoms with E-state index in [1.54, 1.807) is 6.07 Å². The third-order valence-corrected chi connectivity index (χ3v) is 6.29. The predicted molar refractivity (Wildman–Crippen MR) is 98.8 cm³/mol. The quantitative estimate of drug-likeness (QED) is 0.640. The number of aryl methyl sites for hydroxylation is 2. The van der Waals surface area contributed by atoms with Crippen molar-refractivity contribution in [3.63, 3.8) is 0 Å². The summed E-state index contributed by atoms with van der Waals surface area (Å²) in [6.07, 6.45) is 1.09. The minimum absolute atomic E-state index is 0.257. The average molecular weight is 339 g/mol. The van der Waals surface area contributed by atoms with E-state index in [0.29, 0.717) is 6.04 Å². The van der Waals surface area contributed by atoms with Crippen molar-refractivity contribution in [3.05, 3.63) is 67.2 Å². The molecule has 0 unspecified atom stereocenters. The highest BCUT2D eigenvalue weighted by Crippen LogP contribution is 2.34. The number of hydrogen-bond donors (Lipinski definition) is 0. The van der Waals surface area contributed by atoms with Crippen molar-refractivity contribution >= 4 is 22.3 Å². The van der Waals surface area contributed by atoms with Gasteiger partial charge in [0.25, 0.3) is 0 Å². The Morgan fingerprint density at radius 1 is 1.29 bits per heavy atom. The first kappa shape index (κ1) is 15.6. The molecule has 2 aromatic heterocycles. The zero-order valence-electron chi connectivity index (χ0n) is 14.3. The fourth-order valence-corrected chi connectivity index (χ4v) is 4.61. The van der Waals surface area contributed by atoms with Gasteiger partial charge in [-0.1, -0.05) is 12.1 Å². The third kappa shape index (κ3) is 2.50. The molecule has 0 saturated heterocycles. The van der Waals surface area contributed by atoms with E-state index in [1.807, 2.05) is 25.2 Å². The maximum absolute atomic E-state index is 12.1. The molecule has 1 aromatic carbocycles. The van der Waals surface area contributed by atoms with Crippen molar-refractivity contribution in [2.75, 3.05) is 6.54 Å². The second-order valence-corrected chi connectivity index (χ2v) is 7.67. The van der Waals surface area contributed by atoms with Crippen LogP contribution in [0.3, 0.4) is 0 Å². The Kier molecular flexibility index (Phi) is 3.82. The topological polar surface area (TPSA) is 33.5 Å². The van der Waals surface area contributed by atoms with Crippen molar-refractivity contribution < 1.29 is 4.42 Å². The Morgan fingerprint density at radius 3 is 2.96 bits per heavy atom. The molecule has 3 aromatic rings. The molecule has 0 N–H and O–H groups in total. The Bertz CT molecular complexity index is 969. The molecular formula is C20H21NO2S. The van der Waals surface area contributed by atoms with Crippen LogP contribution >= 0.6 is 11.3 Å². The smallest absolute Gasteiger partial charge is 0.336 e. The van der Waals surface area contributed by atoms with Gasteiger partial charge in [0, 0.05) is 35.5 Å². The van der Waals surface area contributed by atoms with Crippen molar-refractivity contribution in [2.45, 2.75) is 39.8 Å². The van der Waals surface area contributed by atoms with Gasteiger partial charge in [0.2, 0.25) is 0 Å². The molecule has 3 heterocycles.